The van der Waals surface area contributed by atoms with E-state index in [2.05, 4.69) is 20.4 Å². The molecule has 0 radical (unpaired) electrons. The second-order valence-corrected chi connectivity index (χ2v) is 7.93. The fraction of sp³-hybridized carbons (Fsp3) is 0.280. The number of ether oxygens (including phenoxy) is 1. The zero-order valence-corrected chi connectivity index (χ0v) is 19.3. The van der Waals surface area contributed by atoms with E-state index in [9.17, 15) is 31.1 Å². The second-order valence-electron chi connectivity index (χ2n) is 7.93. The molecule has 2 aromatic carbocycles. The summed E-state index contributed by atoms with van der Waals surface area (Å²) < 4.78 is 85.1. The molecular formula is C25H23F6N3O2. The number of halogens is 6. The van der Waals surface area contributed by atoms with E-state index in [0.29, 0.717) is 5.56 Å². The SMILES string of the molecule is CNC(=O)C(N[C@H](CCc1c(F)nc(C)c(F)c1F)c1cccc(OC(F)(F)F)c1)c1ccccc1. The van der Waals surface area contributed by atoms with Gasteiger partial charge in [-0.05, 0) is 43.0 Å². The Balaban J connectivity index is 1.99. The maximum Gasteiger partial charge on any atom is 0.573 e. The number of nitrogens with one attached hydrogen (secondary N) is 2. The number of amides is 1. The number of pyridine rings is 1. The molecule has 3 rings (SSSR count). The standard InChI is InChI=1S/C25H23F6N3O2/c1-14-20(26)21(27)18(23(28)33-14)11-12-19(16-9-6-10-17(13-16)36-25(29,30)31)34-22(24(35)32-2)15-7-4-3-5-8-15/h3-10,13,19,22,34H,11-12H2,1-2H3,(H,32,35)/t19-,22?/m1/s1. The molecule has 0 bridgehead atoms. The molecule has 192 valence electrons. The molecule has 0 aliphatic rings. The zero-order chi connectivity index (χ0) is 26.5. The molecule has 36 heavy (non-hydrogen) atoms. The number of aromatic nitrogens is 1. The summed E-state index contributed by atoms with van der Waals surface area (Å²) in [5.41, 5.74) is -0.249. The number of hydrogen-bond acceptors (Lipinski definition) is 4. The van der Waals surface area contributed by atoms with Gasteiger partial charge in [0.15, 0.2) is 11.6 Å². The minimum atomic E-state index is -4.94. The monoisotopic (exact) mass is 511 g/mol. The summed E-state index contributed by atoms with van der Waals surface area (Å²) in [5, 5.41) is 5.57. The Hall–Kier alpha value is -3.60. The molecule has 0 aliphatic carbocycles. The molecule has 1 heterocycles. The third kappa shape index (κ3) is 6.75. The van der Waals surface area contributed by atoms with E-state index in [-0.39, 0.29) is 18.4 Å². The van der Waals surface area contributed by atoms with E-state index in [4.69, 9.17) is 0 Å². The molecule has 0 spiro atoms. The van der Waals surface area contributed by atoms with Gasteiger partial charge in [-0.15, -0.1) is 13.2 Å². The third-order valence-electron chi connectivity index (χ3n) is 5.48. The van der Waals surface area contributed by atoms with E-state index in [1.54, 1.807) is 30.3 Å². The van der Waals surface area contributed by atoms with Crippen molar-refractivity contribution in [3.63, 3.8) is 0 Å². The van der Waals surface area contributed by atoms with Crippen molar-refractivity contribution in [3.8, 4) is 5.75 Å². The fourth-order valence-corrected chi connectivity index (χ4v) is 3.74. The van der Waals surface area contributed by atoms with Crippen LogP contribution >= 0.6 is 0 Å². The van der Waals surface area contributed by atoms with Crippen LogP contribution in [0.5, 0.6) is 5.75 Å². The van der Waals surface area contributed by atoms with Crippen molar-refractivity contribution in [2.45, 2.75) is 38.2 Å². The summed E-state index contributed by atoms with van der Waals surface area (Å²) in [4.78, 5) is 16.0. The normalized spacial score (nSPS) is 13.2. The average Bonchev–Trinajstić information content (AvgIpc) is 2.83. The Labute approximate surface area is 203 Å². The van der Waals surface area contributed by atoms with Crippen LogP contribution in [0.1, 0.15) is 40.9 Å². The van der Waals surface area contributed by atoms with Gasteiger partial charge in [-0.2, -0.15) is 4.39 Å². The minimum absolute atomic E-state index is 0.117. The highest BCUT2D eigenvalue weighted by atomic mass is 19.4. The van der Waals surface area contributed by atoms with Crippen LogP contribution in [0.15, 0.2) is 54.6 Å². The number of benzene rings is 2. The van der Waals surface area contributed by atoms with E-state index < -0.39 is 58.9 Å². The lowest BCUT2D eigenvalue weighted by Gasteiger charge is -2.26. The van der Waals surface area contributed by atoms with Crippen molar-refractivity contribution in [2.24, 2.45) is 0 Å². The number of carbonyl (C=O) groups excluding carboxylic acids is 1. The van der Waals surface area contributed by atoms with Crippen molar-refractivity contribution in [1.29, 1.82) is 0 Å². The predicted octanol–water partition coefficient (Wildman–Crippen LogP) is 5.46. The first kappa shape index (κ1) is 27.0. The highest BCUT2D eigenvalue weighted by Crippen LogP contribution is 2.30. The maximum absolute atomic E-state index is 14.5. The molecule has 0 saturated carbocycles. The molecule has 0 aliphatic heterocycles. The Morgan fingerprint density at radius 2 is 1.67 bits per heavy atom. The molecule has 5 nitrogen and oxygen atoms in total. The van der Waals surface area contributed by atoms with Crippen LogP contribution < -0.4 is 15.4 Å². The van der Waals surface area contributed by atoms with Crippen molar-refractivity contribution in [2.75, 3.05) is 7.05 Å². The van der Waals surface area contributed by atoms with Gasteiger partial charge in [-0.25, -0.2) is 13.8 Å². The van der Waals surface area contributed by atoms with Crippen molar-refractivity contribution in [1.82, 2.24) is 15.6 Å². The van der Waals surface area contributed by atoms with Gasteiger partial charge >= 0.3 is 6.36 Å². The van der Waals surface area contributed by atoms with Gasteiger partial charge < -0.3 is 10.1 Å². The first-order chi connectivity index (χ1) is 17.0. The van der Waals surface area contributed by atoms with E-state index >= 15 is 0 Å². The molecule has 1 amide bonds. The van der Waals surface area contributed by atoms with Gasteiger partial charge in [0.2, 0.25) is 11.9 Å². The summed E-state index contributed by atoms with van der Waals surface area (Å²) in [7, 11) is 1.41. The number of carbonyl (C=O) groups is 1. The zero-order valence-electron chi connectivity index (χ0n) is 19.3. The van der Waals surface area contributed by atoms with Crippen LogP contribution in [0.4, 0.5) is 26.3 Å². The van der Waals surface area contributed by atoms with Gasteiger partial charge in [0, 0.05) is 18.7 Å². The molecular weight excluding hydrogens is 488 g/mol. The van der Waals surface area contributed by atoms with Gasteiger partial charge in [-0.3, -0.25) is 10.1 Å². The Morgan fingerprint density at radius 1 is 1.00 bits per heavy atom. The van der Waals surface area contributed by atoms with Crippen LogP contribution in [0, 0.1) is 24.5 Å². The summed E-state index contributed by atoms with van der Waals surface area (Å²) in [5.74, 6) is -4.83. The predicted molar refractivity (Wildman–Crippen MR) is 119 cm³/mol. The van der Waals surface area contributed by atoms with Crippen LogP contribution in [0.25, 0.3) is 0 Å². The molecule has 1 aromatic heterocycles. The Kier molecular flexibility index (Phi) is 8.57. The number of aryl methyl sites for hydroxylation is 1. The molecule has 11 heteroatoms. The van der Waals surface area contributed by atoms with Crippen LogP contribution in [-0.4, -0.2) is 24.3 Å². The van der Waals surface area contributed by atoms with Gasteiger partial charge in [0.1, 0.15) is 11.8 Å². The van der Waals surface area contributed by atoms with E-state index in [1.807, 2.05) is 0 Å². The fourth-order valence-electron chi connectivity index (χ4n) is 3.74. The van der Waals surface area contributed by atoms with Crippen molar-refractivity contribution < 1.29 is 35.9 Å². The largest absolute Gasteiger partial charge is 0.573 e. The molecule has 2 atom stereocenters. The Morgan fingerprint density at radius 3 is 2.31 bits per heavy atom. The number of alkyl halides is 3. The smallest absolute Gasteiger partial charge is 0.406 e. The molecule has 0 saturated heterocycles. The van der Waals surface area contributed by atoms with Crippen LogP contribution in [-0.2, 0) is 11.2 Å². The summed E-state index contributed by atoms with van der Waals surface area (Å²) in [6.45, 7) is 1.12. The molecule has 3 aromatic rings. The highest BCUT2D eigenvalue weighted by molar-refractivity contribution is 5.83. The minimum Gasteiger partial charge on any atom is -0.406 e. The maximum atomic E-state index is 14.5. The molecule has 1 unspecified atom stereocenters. The third-order valence-corrected chi connectivity index (χ3v) is 5.48. The van der Waals surface area contributed by atoms with E-state index in [1.165, 1.54) is 19.2 Å². The molecule has 0 fully saturated rings. The first-order valence-electron chi connectivity index (χ1n) is 10.9. The highest BCUT2D eigenvalue weighted by Gasteiger charge is 2.32. The summed E-state index contributed by atoms with van der Waals surface area (Å²) in [6.07, 6.45) is -5.42. The van der Waals surface area contributed by atoms with Crippen molar-refractivity contribution in [3.05, 3.63) is 94.6 Å². The average molecular weight is 511 g/mol. The van der Waals surface area contributed by atoms with Gasteiger partial charge in [0.25, 0.3) is 0 Å². The van der Waals surface area contributed by atoms with Gasteiger partial charge in [-0.1, -0.05) is 42.5 Å². The quantitative estimate of drug-likeness (QED) is 0.296. The number of rotatable bonds is 9. The lowest BCUT2D eigenvalue weighted by atomic mass is 9.96. The summed E-state index contributed by atoms with van der Waals surface area (Å²) >= 11 is 0. The second kappa shape index (κ2) is 11.4. The number of hydrogen-bond donors (Lipinski definition) is 2. The van der Waals surface area contributed by atoms with Crippen molar-refractivity contribution >= 4 is 5.91 Å². The lowest BCUT2D eigenvalue weighted by molar-refractivity contribution is -0.274. The number of nitrogens with zero attached hydrogens (tertiary/aromatic N) is 1. The topological polar surface area (TPSA) is 63.2 Å². The molecule has 2 N–H and O–H groups in total. The van der Waals surface area contributed by atoms with E-state index in [0.717, 1.165) is 19.1 Å². The summed E-state index contributed by atoms with van der Waals surface area (Å²) in [6, 6.07) is 11.6. The Bertz CT molecular complexity index is 1200. The van der Waals surface area contributed by atoms with Crippen LogP contribution in [0.2, 0.25) is 0 Å². The van der Waals surface area contributed by atoms with Gasteiger partial charge in [0.05, 0.1) is 5.69 Å². The number of likely N-dealkylation sites (N-methyl/N-ethyl adjacent to an activating group) is 1. The van der Waals surface area contributed by atoms with Crippen LogP contribution in [0.3, 0.4) is 0 Å². The lowest BCUT2D eigenvalue weighted by Crippen LogP contribution is -2.38. The first-order valence-corrected chi connectivity index (χ1v) is 10.9.